The van der Waals surface area contributed by atoms with Crippen molar-refractivity contribution in [3.63, 3.8) is 0 Å². The molecule has 0 N–H and O–H groups in total. The summed E-state index contributed by atoms with van der Waals surface area (Å²) in [6.45, 7) is 6.51. The second-order valence-corrected chi connectivity index (χ2v) is 11.5. The Hall–Kier alpha value is -2.08. The number of unbranched alkanes of at least 4 members (excludes halogenated alkanes) is 4. The fourth-order valence-corrected chi connectivity index (χ4v) is 5.64. The molecule has 6 heteroatoms. The molecule has 0 aliphatic heterocycles. The Morgan fingerprint density at radius 3 is 2.35 bits per heavy atom. The summed E-state index contributed by atoms with van der Waals surface area (Å²) in [5.74, 6) is 0.227. The van der Waals surface area contributed by atoms with Crippen molar-refractivity contribution in [1.29, 1.82) is 0 Å². The van der Waals surface area contributed by atoms with Gasteiger partial charge in [0.05, 0.1) is 13.1 Å². The summed E-state index contributed by atoms with van der Waals surface area (Å²) in [6, 6.07) is 12.9. The average molecular weight is 573 g/mol. The molecular weight excluding hydrogens is 526 g/mol. The lowest BCUT2D eigenvalue weighted by Crippen LogP contribution is -2.47. The molecule has 0 atom stereocenters. The van der Waals surface area contributed by atoms with Crippen LogP contribution in [-0.2, 0) is 22.7 Å². The number of halogens is 1. The van der Waals surface area contributed by atoms with Crippen molar-refractivity contribution >= 4 is 27.7 Å². The fourth-order valence-electron chi connectivity index (χ4n) is 5.38. The number of nitrogens with zero attached hydrogens (tertiary/aromatic N) is 3. The van der Waals surface area contributed by atoms with Gasteiger partial charge in [0.1, 0.15) is 0 Å². The number of benzene rings is 1. The van der Waals surface area contributed by atoms with Gasteiger partial charge in [0.15, 0.2) is 0 Å². The highest BCUT2D eigenvalue weighted by molar-refractivity contribution is 9.10. The Balaban J connectivity index is 1.69. The molecule has 1 aliphatic rings. The largest absolute Gasteiger partial charge is 0.345 e. The van der Waals surface area contributed by atoms with Gasteiger partial charge in [-0.15, -0.1) is 0 Å². The zero-order valence-corrected chi connectivity index (χ0v) is 24.6. The van der Waals surface area contributed by atoms with E-state index in [4.69, 9.17) is 0 Å². The third-order valence-corrected chi connectivity index (χ3v) is 8.05. The van der Waals surface area contributed by atoms with Crippen LogP contribution in [-0.4, -0.2) is 45.3 Å². The molecule has 0 spiro atoms. The maximum atomic E-state index is 13.8. The van der Waals surface area contributed by atoms with Crippen LogP contribution in [0.5, 0.6) is 0 Å². The zero-order chi connectivity index (χ0) is 26.5. The normalized spacial score (nSPS) is 14.0. The average Bonchev–Trinajstić information content (AvgIpc) is 3.35. The van der Waals surface area contributed by atoms with Crippen LogP contribution in [0, 0.1) is 0 Å². The van der Waals surface area contributed by atoms with Crippen molar-refractivity contribution in [2.75, 3.05) is 13.1 Å². The standard InChI is InChI=1S/C31H46BrN3O2/c1-3-5-6-7-11-16-30(36)34(21-4-2)25-31(37)35(28-13-9-8-10-14-28)24-29-15-12-22-33(29)23-26-17-19-27(32)20-18-26/h12,15,17-20,22,28H,3-11,13-14,16,21,23-25H2,1-2H3. The summed E-state index contributed by atoms with van der Waals surface area (Å²) >= 11 is 3.52. The van der Waals surface area contributed by atoms with Crippen LogP contribution in [0.2, 0.25) is 0 Å². The highest BCUT2D eigenvalue weighted by Gasteiger charge is 2.28. The smallest absolute Gasteiger partial charge is 0.242 e. The van der Waals surface area contributed by atoms with Gasteiger partial charge in [0.2, 0.25) is 11.8 Å². The van der Waals surface area contributed by atoms with Crippen molar-refractivity contribution < 1.29 is 9.59 Å². The molecule has 1 aromatic heterocycles. The van der Waals surface area contributed by atoms with Gasteiger partial charge in [-0.2, -0.15) is 0 Å². The van der Waals surface area contributed by atoms with Crippen LogP contribution in [0.25, 0.3) is 0 Å². The van der Waals surface area contributed by atoms with Crippen molar-refractivity contribution in [2.24, 2.45) is 0 Å². The van der Waals surface area contributed by atoms with Crippen molar-refractivity contribution in [3.05, 3.63) is 58.3 Å². The lowest BCUT2D eigenvalue weighted by Gasteiger charge is -2.36. The van der Waals surface area contributed by atoms with Gasteiger partial charge >= 0.3 is 0 Å². The minimum Gasteiger partial charge on any atom is -0.345 e. The minimum absolute atomic E-state index is 0.0936. The molecule has 1 saturated carbocycles. The number of aromatic nitrogens is 1. The molecule has 0 radical (unpaired) electrons. The van der Waals surface area contributed by atoms with E-state index in [-0.39, 0.29) is 24.4 Å². The van der Waals surface area contributed by atoms with Gasteiger partial charge in [0, 0.05) is 41.9 Å². The van der Waals surface area contributed by atoms with Gasteiger partial charge in [0.25, 0.3) is 0 Å². The maximum absolute atomic E-state index is 13.8. The van der Waals surface area contributed by atoms with Crippen LogP contribution in [0.1, 0.15) is 102 Å². The van der Waals surface area contributed by atoms with E-state index in [0.717, 1.165) is 48.8 Å². The number of carbonyl (C=O) groups is 2. The van der Waals surface area contributed by atoms with Crippen molar-refractivity contribution in [2.45, 2.75) is 110 Å². The molecule has 0 unspecified atom stereocenters. The molecule has 0 bridgehead atoms. The van der Waals surface area contributed by atoms with Crippen molar-refractivity contribution in [3.8, 4) is 0 Å². The molecule has 37 heavy (non-hydrogen) atoms. The Morgan fingerprint density at radius 2 is 1.65 bits per heavy atom. The first-order chi connectivity index (χ1) is 18.0. The molecule has 1 heterocycles. The van der Waals surface area contributed by atoms with E-state index in [1.54, 1.807) is 0 Å². The number of hydrogen-bond acceptors (Lipinski definition) is 2. The fraction of sp³-hybridized carbons (Fsp3) is 0.613. The molecule has 1 fully saturated rings. The Labute approximate surface area is 232 Å². The van der Waals surface area contributed by atoms with Gasteiger partial charge in [-0.25, -0.2) is 0 Å². The van der Waals surface area contributed by atoms with E-state index < -0.39 is 0 Å². The van der Waals surface area contributed by atoms with E-state index in [0.29, 0.717) is 19.5 Å². The van der Waals surface area contributed by atoms with Crippen LogP contribution < -0.4 is 0 Å². The number of amides is 2. The van der Waals surface area contributed by atoms with E-state index in [1.807, 2.05) is 4.90 Å². The monoisotopic (exact) mass is 571 g/mol. The Kier molecular flexibility index (Phi) is 12.8. The van der Waals surface area contributed by atoms with Gasteiger partial charge in [-0.05, 0) is 55.5 Å². The lowest BCUT2D eigenvalue weighted by atomic mass is 9.94. The zero-order valence-electron chi connectivity index (χ0n) is 23.0. The summed E-state index contributed by atoms with van der Waals surface area (Å²) in [5.41, 5.74) is 2.38. The van der Waals surface area contributed by atoms with E-state index in [2.05, 4.69) is 81.8 Å². The minimum atomic E-state index is 0.0936. The third-order valence-electron chi connectivity index (χ3n) is 7.52. The number of rotatable bonds is 15. The predicted molar refractivity (Wildman–Crippen MR) is 155 cm³/mol. The predicted octanol–water partition coefficient (Wildman–Crippen LogP) is 7.56. The highest BCUT2D eigenvalue weighted by atomic mass is 79.9. The molecule has 2 amide bonds. The van der Waals surface area contributed by atoms with Crippen LogP contribution >= 0.6 is 15.9 Å². The van der Waals surface area contributed by atoms with Crippen molar-refractivity contribution in [1.82, 2.24) is 14.4 Å². The molecule has 1 aliphatic carbocycles. The molecule has 204 valence electrons. The summed E-state index contributed by atoms with van der Waals surface area (Å²) < 4.78 is 3.32. The lowest BCUT2D eigenvalue weighted by molar-refractivity contribution is -0.143. The highest BCUT2D eigenvalue weighted by Crippen LogP contribution is 2.25. The first kappa shape index (κ1) is 29.5. The van der Waals surface area contributed by atoms with Gasteiger partial charge in [-0.1, -0.05) is 86.9 Å². The maximum Gasteiger partial charge on any atom is 0.242 e. The molecule has 5 nitrogen and oxygen atoms in total. The molecule has 2 aromatic rings. The van der Waals surface area contributed by atoms with Crippen LogP contribution in [0.4, 0.5) is 0 Å². The number of carbonyl (C=O) groups excluding carboxylic acids is 2. The third kappa shape index (κ3) is 9.63. The summed E-state index contributed by atoms with van der Waals surface area (Å²) in [4.78, 5) is 30.7. The first-order valence-electron chi connectivity index (χ1n) is 14.5. The topological polar surface area (TPSA) is 45.6 Å². The first-order valence-corrected chi connectivity index (χ1v) is 15.3. The van der Waals surface area contributed by atoms with Gasteiger partial charge in [-0.3, -0.25) is 9.59 Å². The van der Waals surface area contributed by atoms with Crippen LogP contribution in [0.15, 0.2) is 47.1 Å². The molecule has 0 saturated heterocycles. The van der Waals surface area contributed by atoms with Gasteiger partial charge < -0.3 is 14.4 Å². The van der Waals surface area contributed by atoms with E-state index in [9.17, 15) is 9.59 Å². The van der Waals surface area contributed by atoms with Crippen LogP contribution in [0.3, 0.4) is 0 Å². The summed E-state index contributed by atoms with van der Waals surface area (Å²) in [7, 11) is 0. The molecular formula is C31H46BrN3O2. The Morgan fingerprint density at radius 1 is 0.919 bits per heavy atom. The quantitative estimate of drug-likeness (QED) is 0.207. The number of hydrogen-bond donors (Lipinski definition) is 0. The molecule has 1 aromatic carbocycles. The molecule has 3 rings (SSSR count). The van der Waals surface area contributed by atoms with E-state index in [1.165, 1.54) is 44.1 Å². The second kappa shape index (κ2) is 16.0. The van der Waals surface area contributed by atoms with E-state index >= 15 is 0 Å². The second-order valence-electron chi connectivity index (χ2n) is 10.5. The summed E-state index contributed by atoms with van der Waals surface area (Å²) in [5, 5.41) is 0. The Bertz CT molecular complexity index is 950. The summed E-state index contributed by atoms with van der Waals surface area (Å²) in [6.07, 6.45) is 14.9. The SMILES string of the molecule is CCCCCCCC(=O)N(CCC)CC(=O)N(Cc1cccn1Cc1ccc(Br)cc1)C1CCCCC1.